The lowest BCUT2D eigenvalue weighted by atomic mass is 10.9. The second-order valence-electron chi connectivity index (χ2n) is 0.914. The van der Waals surface area contributed by atoms with Gasteiger partial charge in [-0.25, -0.2) is 0 Å². The van der Waals surface area contributed by atoms with Crippen molar-refractivity contribution < 1.29 is 0 Å². The van der Waals surface area contributed by atoms with Gasteiger partial charge >= 0.3 is 0 Å². The van der Waals surface area contributed by atoms with Crippen LogP contribution in [0.15, 0.2) is 0 Å². The minimum atomic E-state index is 0.225. The third kappa shape index (κ3) is 4.64. The molecule has 0 aromatic rings. The molecular formula is C4H8ClS. The van der Waals surface area contributed by atoms with Crippen molar-refractivity contribution in [3.8, 4) is 0 Å². The molecule has 0 amide bonds. The van der Waals surface area contributed by atoms with E-state index in [4.69, 9.17) is 11.6 Å². The molecule has 0 spiro atoms. The van der Waals surface area contributed by atoms with Crippen LogP contribution in [0.1, 0.15) is 6.92 Å². The minimum absolute atomic E-state index is 0.225. The molecule has 0 saturated carbocycles. The molecule has 2 heteroatoms. The van der Waals surface area contributed by atoms with Crippen LogP contribution in [-0.2, 0) is 0 Å². The molecule has 0 aromatic carbocycles. The highest BCUT2D eigenvalue weighted by Gasteiger charge is 1.88. The second kappa shape index (κ2) is 3.82. The maximum atomic E-state index is 5.50. The molecule has 37 valence electrons. The standard InChI is InChI=1S/C4H8ClS/c1-3-6-4(2)5/h4H,1,3H2,2H3. The van der Waals surface area contributed by atoms with Crippen LogP contribution < -0.4 is 0 Å². The van der Waals surface area contributed by atoms with Gasteiger partial charge in [-0.1, -0.05) is 0 Å². The third-order valence-electron chi connectivity index (χ3n) is 0.348. The lowest BCUT2D eigenvalue weighted by molar-refractivity contribution is 1.40. The Morgan fingerprint density at radius 3 is 2.50 bits per heavy atom. The van der Waals surface area contributed by atoms with Crippen molar-refractivity contribution in [2.75, 3.05) is 5.75 Å². The lowest BCUT2D eigenvalue weighted by Gasteiger charge is -1.93. The van der Waals surface area contributed by atoms with Crippen LogP contribution in [-0.4, -0.2) is 10.5 Å². The molecule has 0 N–H and O–H groups in total. The smallest absolute Gasteiger partial charge is 0.0760 e. The van der Waals surface area contributed by atoms with Crippen LogP contribution in [0.3, 0.4) is 0 Å². The van der Waals surface area contributed by atoms with Gasteiger partial charge in [-0.15, -0.1) is 23.4 Å². The van der Waals surface area contributed by atoms with Gasteiger partial charge in [-0.05, 0) is 19.6 Å². The van der Waals surface area contributed by atoms with Crippen molar-refractivity contribution in [3.05, 3.63) is 6.92 Å². The molecule has 0 fully saturated rings. The summed E-state index contributed by atoms with van der Waals surface area (Å²) >= 11 is 7.14. The summed E-state index contributed by atoms with van der Waals surface area (Å²) in [5.41, 5.74) is 0. The van der Waals surface area contributed by atoms with E-state index in [9.17, 15) is 0 Å². The quantitative estimate of drug-likeness (QED) is 0.507. The molecule has 0 aliphatic rings. The Morgan fingerprint density at radius 1 is 2.00 bits per heavy atom. The van der Waals surface area contributed by atoms with E-state index in [1.807, 2.05) is 6.92 Å². The zero-order chi connectivity index (χ0) is 4.99. The Balaban J connectivity index is 2.63. The first-order chi connectivity index (χ1) is 2.77. The van der Waals surface area contributed by atoms with Crippen molar-refractivity contribution in [3.63, 3.8) is 0 Å². The number of rotatable bonds is 2. The third-order valence-corrected chi connectivity index (χ3v) is 1.42. The molecule has 1 unspecified atom stereocenters. The summed E-state index contributed by atoms with van der Waals surface area (Å²) in [7, 11) is 0. The molecule has 0 aromatic heterocycles. The van der Waals surface area contributed by atoms with Crippen molar-refractivity contribution in [1.29, 1.82) is 0 Å². The topological polar surface area (TPSA) is 0 Å². The summed E-state index contributed by atoms with van der Waals surface area (Å²) in [6.45, 7) is 5.55. The number of hydrogen-bond donors (Lipinski definition) is 0. The second-order valence-corrected chi connectivity index (χ2v) is 3.28. The number of thioether (sulfide) groups is 1. The predicted octanol–water partition coefficient (Wildman–Crippen LogP) is 2.14. The average molecular weight is 124 g/mol. The summed E-state index contributed by atoms with van der Waals surface area (Å²) in [4.78, 5) is 0. The summed E-state index contributed by atoms with van der Waals surface area (Å²) in [5, 5.41) is 0. The van der Waals surface area contributed by atoms with Gasteiger partial charge in [0, 0.05) is 0 Å². The summed E-state index contributed by atoms with van der Waals surface area (Å²) in [5.74, 6) is 0.866. The van der Waals surface area contributed by atoms with E-state index >= 15 is 0 Å². The molecule has 0 heterocycles. The van der Waals surface area contributed by atoms with Gasteiger partial charge in [0.05, 0.1) is 4.71 Å². The van der Waals surface area contributed by atoms with E-state index in [0.717, 1.165) is 5.75 Å². The van der Waals surface area contributed by atoms with E-state index < -0.39 is 0 Å². The highest BCUT2D eigenvalue weighted by Crippen LogP contribution is 2.11. The van der Waals surface area contributed by atoms with Gasteiger partial charge < -0.3 is 0 Å². The monoisotopic (exact) mass is 123 g/mol. The molecule has 0 nitrogen and oxygen atoms in total. The first-order valence-electron chi connectivity index (χ1n) is 1.82. The molecule has 0 aliphatic carbocycles. The van der Waals surface area contributed by atoms with Gasteiger partial charge in [0.25, 0.3) is 0 Å². The van der Waals surface area contributed by atoms with Gasteiger partial charge in [0.2, 0.25) is 0 Å². The number of alkyl halides is 1. The molecule has 0 rings (SSSR count). The zero-order valence-corrected chi connectivity index (χ0v) is 5.35. The van der Waals surface area contributed by atoms with E-state index in [-0.39, 0.29) is 4.71 Å². The highest BCUT2D eigenvalue weighted by molar-refractivity contribution is 8.01. The van der Waals surface area contributed by atoms with Crippen LogP contribution in [0.25, 0.3) is 0 Å². The number of hydrogen-bond acceptors (Lipinski definition) is 1. The Labute approximate surface area is 48.3 Å². The van der Waals surface area contributed by atoms with Crippen LogP contribution in [0, 0.1) is 6.92 Å². The fourth-order valence-corrected chi connectivity index (χ4v) is 0.754. The first kappa shape index (κ1) is 6.64. The zero-order valence-electron chi connectivity index (χ0n) is 3.78. The van der Waals surface area contributed by atoms with E-state index in [0.29, 0.717) is 0 Å². The molecule has 0 aliphatic heterocycles. The van der Waals surface area contributed by atoms with E-state index in [1.165, 1.54) is 0 Å². The summed E-state index contributed by atoms with van der Waals surface area (Å²) in [6.07, 6.45) is 0. The SMILES string of the molecule is [CH2]CSC(C)Cl. The molecule has 6 heavy (non-hydrogen) atoms. The van der Waals surface area contributed by atoms with Crippen LogP contribution in [0.5, 0.6) is 0 Å². The molecule has 0 bridgehead atoms. The van der Waals surface area contributed by atoms with Crippen LogP contribution in [0.2, 0.25) is 0 Å². The first-order valence-corrected chi connectivity index (χ1v) is 3.31. The van der Waals surface area contributed by atoms with Crippen molar-refractivity contribution >= 4 is 23.4 Å². The maximum absolute atomic E-state index is 5.50. The van der Waals surface area contributed by atoms with E-state index in [2.05, 4.69) is 6.92 Å². The van der Waals surface area contributed by atoms with Gasteiger partial charge in [0.15, 0.2) is 0 Å². The Hall–Kier alpha value is 0.640. The van der Waals surface area contributed by atoms with Crippen molar-refractivity contribution in [1.82, 2.24) is 0 Å². The fourth-order valence-electron chi connectivity index (χ4n) is 0.162. The van der Waals surface area contributed by atoms with Gasteiger partial charge in [-0.2, -0.15) is 0 Å². The van der Waals surface area contributed by atoms with E-state index in [1.54, 1.807) is 11.8 Å². The summed E-state index contributed by atoms with van der Waals surface area (Å²) in [6, 6.07) is 0. The highest BCUT2D eigenvalue weighted by atomic mass is 35.5. The number of halogens is 1. The van der Waals surface area contributed by atoms with Crippen LogP contribution >= 0.6 is 23.4 Å². The summed E-state index contributed by atoms with van der Waals surface area (Å²) < 4.78 is 0.225. The minimum Gasteiger partial charge on any atom is -0.143 e. The van der Waals surface area contributed by atoms with Crippen molar-refractivity contribution in [2.45, 2.75) is 11.6 Å². The predicted molar refractivity (Wildman–Crippen MR) is 33.1 cm³/mol. The average Bonchev–Trinajstić information content (AvgIpc) is 1.35. The largest absolute Gasteiger partial charge is 0.143 e. The maximum Gasteiger partial charge on any atom is 0.0760 e. The fraction of sp³-hybridized carbons (Fsp3) is 0.750. The van der Waals surface area contributed by atoms with Crippen molar-refractivity contribution in [2.24, 2.45) is 0 Å². The van der Waals surface area contributed by atoms with Gasteiger partial charge in [-0.3, -0.25) is 0 Å². The molecule has 0 saturated heterocycles. The molecular weight excluding hydrogens is 116 g/mol. The Morgan fingerprint density at radius 2 is 2.50 bits per heavy atom. The molecule has 1 radical (unpaired) electrons. The molecule has 1 atom stereocenters. The van der Waals surface area contributed by atoms with Crippen LogP contribution in [0.4, 0.5) is 0 Å². The Bertz CT molecular complexity index is 28.7. The Kier molecular flexibility index (Phi) is 4.22. The normalized spacial score (nSPS) is 14.5. The van der Waals surface area contributed by atoms with Gasteiger partial charge in [0.1, 0.15) is 0 Å². The lowest BCUT2D eigenvalue weighted by Crippen LogP contribution is -1.79.